The summed E-state index contributed by atoms with van der Waals surface area (Å²) in [6, 6.07) is 0. The van der Waals surface area contributed by atoms with Gasteiger partial charge in [-0.25, -0.2) is 0 Å². The number of rotatable bonds is 1. The van der Waals surface area contributed by atoms with Gasteiger partial charge in [0.1, 0.15) is 0 Å². The van der Waals surface area contributed by atoms with Gasteiger partial charge in [0.2, 0.25) is 0 Å². The molecule has 0 aliphatic rings. The topological polar surface area (TPSA) is 9.23 Å². The number of benzene rings is 1. The molecule has 0 aromatic heterocycles. The van der Waals surface area contributed by atoms with Gasteiger partial charge >= 0.3 is 115 Å². The maximum absolute atomic E-state index is 5.58. The van der Waals surface area contributed by atoms with Crippen molar-refractivity contribution in [2.45, 2.75) is 47.0 Å². The second-order valence-corrected chi connectivity index (χ2v) is 6.87. The molecule has 1 rings (SSSR count). The molecule has 0 aliphatic heterocycles. The van der Waals surface area contributed by atoms with E-state index in [1.165, 1.54) is 27.4 Å². The molecule has 1 aromatic rings. The van der Waals surface area contributed by atoms with Crippen LogP contribution in [0.1, 0.15) is 43.0 Å². The van der Waals surface area contributed by atoms with Crippen molar-refractivity contribution >= 4 is 40.2 Å². The van der Waals surface area contributed by atoms with Gasteiger partial charge in [-0.2, -0.15) is 0 Å². The van der Waals surface area contributed by atoms with E-state index in [0.717, 1.165) is 16.0 Å². The molecular formula is C13H23Cl2OSiTi. The molecule has 0 unspecified atom stereocenters. The van der Waals surface area contributed by atoms with Gasteiger partial charge in [-0.3, -0.25) is 0 Å². The average molecular weight is 342 g/mol. The first-order chi connectivity index (χ1) is 7.21. The van der Waals surface area contributed by atoms with Gasteiger partial charge in [0.05, 0.1) is 0 Å². The zero-order valence-corrected chi connectivity index (χ0v) is 17.4. The van der Waals surface area contributed by atoms with Gasteiger partial charge < -0.3 is 0 Å². The van der Waals surface area contributed by atoms with Crippen LogP contribution in [0.3, 0.4) is 0 Å². The van der Waals surface area contributed by atoms with E-state index >= 15 is 0 Å². The normalized spacial score (nSPS) is 10.5. The Labute approximate surface area is 139 Å². The molecule has 5 heteroatoms. The van der Waals surface area contributed by atoms with E-state index in [1.54, 1.807) is 20.8 Å². The van der Waals surface area contributed by atoms with E-state index in [4.69, 9.17) is 3.32 Å². The van der Waals surface area contributed by atoms with Crippen LogP contribution >= 0.6 is 24.8 Å². The van der Waals surface area contributed by atoms with Crippen LogP contribution in [0.25, 0.3) is 0 Å². The molecule has 0 radical (unpaired) electrons. The predicted molar refractivity (Wildman–Crippen MR) is 84.1 cm³/mol. The van der Waals surface area contributed by atoms with Crippen LogP contribution in [0.5, 0.6) is 5.75 Å². The maximum Gasteiger partial charge on any atom is -0.147 e. The fourth-order valence-electron chi connectivity index (χ4n) is 2.59. The van der Waals surface area contributed by atoms with E-state index in [-0.39, 0.29) is 30.2 Å². The minimum atomic E-state index is 0. The summed E-state index contributed by atoms with van der Waals surface area (Å²) >= 11 is 1.78. The zero-order valence-electron chi connectivity index (χ0n) is 12.2. The molecule has 0 N–H and O–H groups in total. The van der Waals surface area contributed by atoms with E-state index in [0.29, 0.717) is 0 Å². The largest absolute Gasteiger partial charge is 0.147 e. The summed E-state index contributed by atoms with van der Waals surface area (Å²) in [6.45, 7) is 13.4. The molecule has 0 saturated carbocycles. The Kier molecular flexibility index (Phi) is 8.51. The van der Waals surface area contributed by atoms with Gasteiger partial charge in [0.25, 0.3) is 0 Å². The molecule has 103 valence electrons. The summed E-state index contributed by atoms with van der Waals surface area (Å²) in [5.41, 5.74) is 5.81. The second kappa shape index (κ2) is 7.35. The third-order valence-electron chi connectivity index (χ3n) is 3.41. The van der Waals surface area contributed by atoms with Crippen molar-refractivity contribution in [2.75, 3.05) is 0 Å². The summed E-state index contributed by atoms with van der Waals surface area (Å²) in [5.74, 6) is 1.11. The Hall–Kier alpha value is 0.531. The smallest absolute Gasteiger partial charge is 0.147 e. The fraction of sp³-hybridized carbons (Fsp3) is 0.538. The van der Waals surface area contributed by atoms with Crippen LogP contribution in [-0.4, -0.2) is 10.2 Å². The quantitative estimate of drug-likeness (QED) is 0.713. The zero-order chi connectivity index (χ0) is 12.7. The number of hydrogen-bond donors (Lipinski definition) is 0. The van der Waals surface area contributed by atoms with Crippen LogP contribution in [0.2, 0.25) is 0 Å². The summed E-state index contributed by atoms with van der Waals surface area (Å²) in [7, 11) is 1.04. The molecule has 0 heterocycles. The molecule has 0 spiro atoms. The Morgan fingerprint density at radius 3 is 1.72 bits per heavy atom. The van der Waals surface area contributed by atoms with E-state index in [1.807, 2.05) is 0 Å². The Bertz CT molecular complexity index is 428. The summed E-state index contributed by atoms with van der Waals surface area (Å²) in [6.07, 6.45) is 0. The van der Waals surface area contributed by atoms with E-state index < -0.39 is 0 Å². The first kappa shape index (κ1) is 20.8. The first-order valence-electron chi connectivity index (χ1n) is 5.66. The standard InChI is InChI=1S/C13H22OSi.2ClH.Ti/c1-7-8(2)10(13(4,5)6)12(15)11(14)9(7)3;;;/h14H,1-6,15H3;2*1H;/q;;;+1/p-1. The molecule has 0 amide bonds. The van der Waals surface area contributed by atoms with Crippen molar-refractivity contribution in [2.24, 2.45) is 0 Å². The molecular weight excluding hydrogens is 319 g/mol. The minimum Gasteiger partial charge on any atom is -0.147 e. The fourth-order valence-corrected chi connectivity index (χ4v) is 4.99. The average Bonchev–Trinajstić information content (AvgIpc) is 2.13. The Morgan fingerprint density at radius 2 is 1.39 bits per heavy atom. The van der Waals surface area contributed by atoms with Crippen LogP contribution in [0.15, 0.2) is 0 Å². The van der Waals surface area contributed by atoms with Crippen LogP contribution in [0, 0.1) is 20.8 Å². The molecule has 0 saturated heterocycles. The van der Waals surface area contributed by atoms with Crippen molar-refractivity contribution in [3.63, 3.8) is 0 Å². The second-order valence-electron chi connectivity index (χ2n) is 5.56. The maximum atomic E-state index is 5.58. The van der Waals surface area contributed by atoms with Crippen LogP contribution in [0.4, 0.5) is 0 Å². The molecule has 1 nitrogen and oxygen atoms in total. The van der Waals surface area contributed by atoms with Crippen LogP contribution in [-0.2, 0) is 26.2 Å². The van der Waals surface area contributed by atoms with Crippen molar-refractivity contribution < 1.29 is 24.1 Å². The Balaban J connectivity index is 0. The summed E-state index contributed by atoms with van der Waals surface area (Å²) in [5, 5.41) is 1.43. The van der Waals surface area contributed by atoms with Gasteiger partial charge in [-0.15, -0.1) is 24.8 Å². The van der Waals surface area contributed by atoms with Crippen molar-refractivity contribution in [1.82, 2.24) is 0 Å². The third kappa shape index (κ3) is 3.77. The van der Waals surface area contributed by atoms with Crippen molar-refractivity contribution in [3.05, 3.63) is 22.3 Å². The monoisotopic (exact) mass is 341 g/mol. The molecule has 0 fully saturated rings. The predicted octanol–water partition coefficient (Wildman–Crippen LogP) is 2.58. The van der Waals surface area contributed by atoms with E-state index in [2.05, 4.69) is 41.5 Å². The van der Waals surface area contributed by atoms with Gasteiger partial charge in [-0.05, 0) is 0 Å². The number of hydrogen-bond acceptors (Lipinski definition) is 1. The Morgan fingerprint density at radius 1 is 0.944 bits per heavy atom. The molecule has 18 heavy (non-hydrogen) atoms. The van der Waals surface area contributed by atoms with Gasteiger partial charge in [0.15, 0.2) is 0 Å². The van der Waals surface area contributed by atoms with Gasteiger partial charge in [-0.1, -0.05) is 0 Å². The molecule has 1 aromatic carbocycles. The summed E-state index contributed by atoms with van der Waals surface area (Å²) in [4.78, 5) is 0. The molecule has 0 bridgehead atoms. The van der Waals surface area contributed by atoms with E-state index in [9.17, 15) is 0 Å². The third-order valence-corrected chi connectivity index (χ3v) is 4.68. The number of halogens is 2. The van der Waals surface area contributed by atoms with Crippen LogP contribution < -0.4 is 8.51 Å². The minimum absolute atomic E-state index is 0. The SMILES string of the molecule is Cc1c(C)c([O][Ti])c([SiH3])c(C(C)(C)C)c1C.Cl.Cl. The van der Waals surface area contributed by atoms with Gasteiger partial charge in [0, 0.05) is 0 Å². The molecule has 0 atom stereocenters. The summed E-state index contributed by atoms with van der Waals surface area (Å²) < 4.78 is 5.58. The first-order valence-corrected chi connectivity index (χ1v) is 7.30. The van der Waals surface area contributed by atoms with Crippen molar-refractivity contribution in [3.8, 4) is 5.75 Å². The van der Waals surface area contributed by atoms with Crippen molar-refractivity contribution in [1.29, 1.82) is 0 Å². The molecule has 0 aliphatic carbocycles.